The molecule has 1 aliphatic carbocycles. The molecule has 0 unspecified atom stereocenters. The molecule has 3 aromatic carbocycles. The van der Waals surface area contributed by atoms with Gasteiger partial charge >= 0.3 is 0 Å². The molecule has 0 atom stereocenters. The van der Waals surface area contributed by atoms with Crippen LogP contribution in [-0.4, -0.2) is 39.0 Å². The molecule has 0 bridgehead atoms. The third-order valence-electron chi connectivity index (χ3n) is 6.30. The van der Waals surface area contributed by atoms with Crippen LogP contribution in [0, 0.1) is 0 Å². The van der Waals surface area contributed by atoms with Crippen molar-refractivity contribution in [2.45, 2.75) is 25.8 Å². The van der Waals surface area contributed by atoms with Gasteiger partial charge in [-0.25, -0.2) is 4.68 Å². The predicted molar refractivity (Wildman–Crippen MR) is 139 cm³/mol. The monoisotopic (exact) mass is 479 g/mol. The van der Waals surface area contributed by atoms with E-state index in [9.17, 15) is 9.59 Å². The quantitative estimate of drug-likeness (QED) is 0.358. The summed E-state index contributed by atoms with van der Waals surface area (Å²) in [5, 5.41) is 12.3. The number of hydrogen-bond acceptors (Lipinski definition) is 4. The summed E-state index contributed by atoms with van der Waals surface area (Å²) in [5.41, 5.74) is 4.57. The summed E-state index contributed by atoms with van der Waals surface area (Å²) in [5.74, 6) is -0.228. The van der Waals surface area contributed by atoms with Crippen LogP contribution >= 0.6 is 0 Å². The van der Waals surface area contributed by atoms with Gasteiger partial charge in [-0.2, -0.15) is 9.83 Å². The lowest BCUT2D eigenvalue weighted by atomic mass is 10.1. The molecule has 0 aliphatic heterocycles. The molecule has 2 aromatic heterocycles. The number of nitrogens with zero attached hydrogens (tertiary/aromatic N) is 3. The molecule has 0 saturated heterocycles. The van der Waals surface area contributed by atoms with Gasteiger partial charge in [0.2, 0.25) is 0 Å². The zero-order chi connectivity index (χ0) is 24.6. The SMILES string of the molecule is CCOn1ccc2cc(C(=O)Nc3ccc4c(cnn4-c4ccc(C(=O)NC5CC5)cc4)c3)ccc21. The number of anilines is 1. The number of hydrogen-bond donors (Lipinski definition) is 2. The number of amides is 2. The highest BCUT2D eigenvalue weighted by molar-refractivity contribution is 6.07. The van der Waals surface area contributed by atoms with Crippen LogP contribution in [-0.2, 0) is 0 Å². The van der Waals surface area contributed by atoms with Crippen LogP contribution in [0.2, 0.25) is 0 Å². The van der Waals surface area contributed by atoms with Gasteiger partial charge in [-0.3, -0.25) is 9.59 Å². The van der Waals surface area contributed by atoms with Crippen molar-refractivity contribution in [1.29, 1.82) is 0 Å². The fraction of sp³-hybridized carbons (Fsp3) is 0.179. The van der Waals surface area contributed by atoms with E-state index in [4.69, 9.17) is 4.84 Å². The van der Waals surface area contributed by atoms with E-state index in [1.165, 1.54) is 0 Å². The maximum Gasteiger partial charge on any atom is 0.255 e. The van der Waals surface area contributed by atoms with Crippen molar-refractivity contribution in [3.63, 3.8) is 0 Å². The molecule has 180 valence electrons. The van der Waals surface area contributed by atoms with Gasteiger partial charge in [-0.1, -0.05) is 0 Å². The number of fused-ring (bicyclic) bond motifs is 2. The van der Waals surface area contributed by atoms with Crippen molar-refractivity contribution in [3.8, 4) is 5.69 Å². The summed E-state index contributed by atoms with van der Waals surface area (Å²) >= 11 is 0. The Balaban J connectivity index is 1.19. The lowest BCUT2D eigenvalue weighted by Gasteiger charge is -2.09. The first-order chi connectivity index (χ1) is 17.6. The van der Waals surface area contributed by atoms with Gasteiger partial charge in [-0.05, 0) is 86.5 Å². The summed E-state index contributed by atoms with van der Waals surface area (Å²) in [4.78, 5) is 30.7. The molecular formula is C28H25N5O3. The van der Waals surface area contributed by atoms with Crippen LogP contribution < -0.4 is 15.5 Å². The lowest BCUT2D eigenvalue weighted by molar-refractivity contribution is 0.0950. The molecule has 36 heavy (non-hydrogen) atoms. The maximum absolute atomic E-state index is 12.9. The average Bonchev–Trinajstić information content (AvgIpc) is 3.47. The highest BCUT2D eigenvalue weighted by Gasteiger charge is 2.23. The van der Waals surface area contributed by atoms with Crippen molar-refractivity contribution in [2.75, 3.05) is 11.9 Å². The largest absolute Gasteiger partial charge is 0.414 e. The Morgan fingerprint density at radius 2 is 1.69 bits per heavy atom. The van der Waals surface area contributed by atoms with E-state index >= 15 is 0 Å². The van der Waals surface area contributed by atoms with E-state index in [1.54, 1.807) is 17.0 Å². The van der Waals surface area contributed by atoms with E-state index in [0.717, 1.165) is 40.3 Å². The Kier molecular flexibility index (Phi) is 5.41. The van der Waals surface area contributed by atoms with Gasteiger partial charge in [0.05, 0.1) is 22.9 Å². The summed E-state index contributed by atoms with van der Waals surface area (Å²) in [7, 11) is 0. The van der Waals surface area contributed by atoms with E-state index in [0.29, 0.717) is 29.5 Å². The second kappa shape index (κ2) is 8.88. The van der Waals surface area contributed by atoms with E-state index in [-0.39, 0.29) is 11.8 Å². The van der Waals surface area contributed by atoms with Gasteiger partial charge < -0.3 is 15.5 Å². The van der Waals surface area contributed by atoms with Crippen LogP contribution in [0.25, 0.3) is 27.5 Å². The van der Waals surface area contributed by atoms with Crippen LogP contribution in [0.3, 0.4) is 0 Å². The standard InChI is InChI=1S/C28H25N5O3/c1-2-36-32-14-13-19-15-20(5-11-25(19)32)28(35)31-23-8-12-26-21(16-23)17-29-33(26)24-9-3-18(4-10-24)27(34)30-22-6-7-22/h3-5,8-17,22H,2,6-7H2,1H3,(H,30,34)(H,31,35). The highest BCUT2D eigenvalue weighted by atomic mass is 16.7. The molecule has 5 aromatic rings. The number of aromatic nitrogens is 3. The average molecular weight is 480 g/mol. The molecule has 0 radical (unpaired) electrons. The van der Waals surface area contributed by atoms with Gasteiger partial charge in [0.15, 0.2) is 0 Å². The van der Waals surface area contributed by atoms with Gasteiger partial charge in [-0.15, -0.1) is 0 Å². The smallest absolute Gasteiger partial charge is 0.255 e. The topological polar surface area (TPSA) is 90.2 Å². The molecule has 1 aliphatic rings. The Hall–Kier alpha value is -4.59. The number of carbonyl (C=O) groups is 2. The van der Waals surface area contributed by atoms with Crippen LogP contribution in [0.5, 0.6) is 0 Å². The third kappa shape index (κ3) is 4.17. The Morgan fingerprint density at radius 3 is 2.47 bits per heavy atom. The molecule has 8 nitrogen and oxygen atoms in total. The first-order valence-electron chi connectivity index (χ1n) is 12.0. The minimum absolute atomic E-state index is 0.0410. The van der Waals surface area contributed by atoms with E-state index < -0.39 is 0 Å². The minimum Gasteiger partial charge on any atom is -0.414 e. The van der Waals surface area contributed by atoms with E-state index in [2.05, 4.69) is 15.7 Å². The molecule has 1 fully saturated rings. The number of nitrogens with one attached hydrogen (secondary N) is 2. The second-order valence-corrected chi connectivity index (χ2v) is 8.91. The first kappa shape index (κ1) is 21.9. The zero-order valence-electron chi connectivity index (χ0n) is 19.8. The molecule has 2 N–H and O–H groups in total. The van der Waals surface area contributed by atoms with Crippen molar-refractivity contribution in [3.05, 3.63) is 90.3 Å². The second-order valence-electron chi connectivity index (χ2n) is 8.91. The van der Waals surface area contributed by atoms with Crippen molar-refractivity contribution >= 4 is 39.3 Å². The number of benzene rings is 3. The number of rotatable bonds is 7. The van der Waals surface area contributed by atoms with Crippen LogP contribution in [0.1, 0.15) is 40.5 Å². The third-order valence-corrected chi connectivity index (χ3v) is 6.30. The van der Waals surface area contributed by atoms with Gasteiger partial charge in [0.25, 0.3) is 11.8 Å². The first-order valence-corrected chi connectivity index (χ1v) is 12.0. The molecule has 2 heterocycles. The predicted octanol–water partition coefficient (Wildman–Crippen LogP) is 4.57. The van der Waals surface area contributed by atoms with Crippen molar-refractivity contribution in [1.82, 2.24) is 19.8 Å². The van der Waals surface area contributed by atoms with Crippen molar-refractivity contribution in [2.24, 2.45) is 0 Å². The lowest BCUT2D eigenvalue weighted by Crippen LogP contribution is -2.25. The van der Waals surface area contributed by atoms with Gasteiger partial charge in [0.1, 0.15) is 6.61 Å². The summed E-state index contributed by atoms with van der Waals surface area (Å²) < 4.78 is 3.53. The Morgan fingerprint density at radius 1 is 0.917 bits per heavy atom. The summed E-state index contributed by atoms with van der Waals surface area (Å²) in [6.45, 7) is 2.49. The van der Waals surface area contributed by atoms with Crippen molar-refractivity contribution < 1.29 is 14.4 Å². The summed E-state index contributed by atoms with van der Waals surface area (Å²) in [6.07, 6.45) is 5.73. The normalized spacial score (nSPS) is 13.1. The zero-order valence-corrected chi connectivity index (χ0v) is 19.8. The number of carbonyl (C=O) groups excluding carboxylic acids is 2. The van der Waals surface area contributed by atoms with Crippen LogP contribution in [0.4, 0.5) is 5.69 Å². The molecule has 8 heteroatoms. The fourth-order valence-electron chi connectivity index (χ4n) is 4.28. The molecule has 1 saturated carbocycles. The fourth-order valence-corrected chi connectivity index (χ4v) is 4.28. The Labute approximate surface area is 207 Å². The van der Waals surface area contributed by atoms with Gasteiger partial charge in [0, 0.05) is 39.8 Å². The maximum atomic E-state index is 12.9. The molecule has 6 rings (SSSR count). The molecule has 2 amide bonds. The molecule has 0 spiro atoms. The Bertz CT molecular complexity index is 1600. The molecular weight excluding hydrogens is 454 g/mol. The van der Waals surface area contributed by atoms with E-state index in [1.807, 2.05) is 78.5 Å². The van der Waals surface area contributed by atoms with Crippen LogP contribution in [0.15, 0.2) is 79.1 Å². The highest BCUT2D eigenvalue weighted by Crippen LogP contribution is 2.24. The minimum atomic E-state index is -0.187. The summed E-state index contributed by atoms with van der Waals surface area (Å²) in [6, 6.07) is 20.9.